The predicted octanol–water partition coefficient (Wildman–Crippen LogP) is 2.14. The molecule has 0 spiro atoms. The smallest absolute Gasteiger partial charge is 0.472 e. The summed E-state index contributed by atoms with van der Waals surface area (Å²) in [5.74, 6) is -1.19. The Morgan fingerprint density at radius 3 is 2.72 bits per heavy atom. The molecule has 0 radical (unpaired) electrons. The van der Waals surface area contributed by atoms with Crippen LogP contribution in [0.4, 0.5) is 18.9 Å². The highest BCUT2D eigenvalue weighted by Gasteiger charge is 2.34. The fraction of sp³-hybridized carbons (Fsp3) is 0.385. The second kappa shape index (κ2) is 7.34. The maximum absolute atomic E-state index is 12.5. The number of hydrogen-bond donors (Lipinski definition) is 1. The summed E-state index contributed by atoms with van der Waals surface area (Å²) in [4.78, 5) is 14.0. The molecule has 0 amide bonds. The molecule has 0 saturated heterocycles. The van der Waals surface area contributed by atoms with Gasteiger partial charge in [0.05, 0.1) is 11.5 Å². The van der Waals surface area contributed by atoms with Gasteiger partial charge in [-0.1, -0.05) is 0 Å². The summed E-state index contributed by atoms with van der Waals surface area (Å²) in [6, 6.07) is 2.55. The lowest BCUT2D eigenvalue weighted by molar-refractivity contribution is -0.386. The van der Waals surface area contributed by atoms with Gasteiger partial charge in [-0.2, -0.15) is 0 Å². The Hall–Kier alpha value is -2.89. The number of alkyl halides is 3. The van der Waals surface area contributed by atoms with E-state index in [2.05, 4.69) is 14.8 Å². The molecule has 2 heterocycles. The molecule has 0 aliphatic rings. The summed E-state index contributed by atoms with van der Waals surface area (Å²) < 4.78 is 47.4. The molecular weight excluding hydrogens is 349 g/mol. The zero-order valence-corrected chi connectivity index (χ0v) is 12.9. The van der Waals surface area contributed by atoms with Crippen LogP contribution in [0.15, 0.2) is 18.3 Å². The van der Waals surface area contributed by atoms with Crippen LogP contribution >= 0.6 is 0 Å². The molecule has 1 N–H and O–H groups in total. The number of nitro groups is 1. The molecule has 0 aliphatic carbocycles. The lowest BCUT2D eigenvalue weighted by atomic mass is 10.3. The van der Waals surface area contributed by atoms with E-state index < -0.39 is 22.9 Å². The highest BCUT2D eigenvalue weighted by atomic mass is 19.4. The molecule has 2 rings (SSSR count). The molecule has 0 saturated carbocycles. The molecule has 2 aromatic rings. The van der Waals surface area contributed by atoms with Gasteiger partial charge in [-0.25, -0.2) is 9.67 Å². The Morgan fingerprint density at radius 1 is 1.40 bits per heavy atom. The summed E-state index contributed by atoms with van der Waals surface area (Å²) in [5.41, 5.74) is -0.804. The fourth-order valence-corrected chi connectivity index (χ4v) is 1.98. The van der Waals surface area contributed by atoms with E-state index >= 15 is 0 Å². The average Bonchev–Trinajstić information content (AvgIpc) is 2.83. The Balaban J connectivity index is 2.50. The van der Waals surface area contributed by atoms with Gasteiger partial charge in [-0.15, -0.1) is 18.3 Å². The highest BCUT2D eigenvalue weighted by Crippen LogP contribution is 2.34. The van der Waals surface area contributed by atoms with Crippen molar-refractivity contribution in [3.63, 3.8) is 0 Å². The summed E-state index contributed by atoms with van der Waals surface area (Å²) in [6.07, 6.45) is -3.70. The van der Waals surface area contributed by atoms with Crippen molar-refractivity contribution in [3.05, 3.63) is 34.1 Å². The quantitative estimate of drug-likeness (QED) is 0.456. The molecule has 0 bridgehead atoms. The van der Waals surface area contributed by atoms with E-state index in [1.54, 1.807) is 0 Å². The second-order valence-corrected chi connectivity index (χ2v) is 4.71. The van der Waals surface area contributed by atoms with Crippen LogP contribution in [0.5, 0.6) is 11.8 Å². The second-order valence-electron chi connectivity index (χ2n) is 4.71. The number of aliphatic hydroxyl groups is 1. The van der Waals surface area contributed by atoms with Crippen LogP contribution < -0.4 is 9.47 Å². The number of hydrogen-bond acceptors (Lipinski definition) is 7. The van der Waals surface area contributed by atoms with Crippen LogP contribution in [0.1, 0.15) is 12.1 Å². The van der Waals surface area contributed by atoms with Crippen molar-refractivity contribution in [2.75, 3.05) is 13.2 Å². The molecule has 12 heteroatoms. The van der Waals surface area contributed by atoms with Crippen LogP contribution in [0.3, 0.4) is 0 Å². The van der Waals surface area contributed by atoms with Crippen LogP contribution in [0.25, 0.3) is 5.69 Å². The minimum absolute atomic E-state index is 0.0489. The summed E-state index contributed by atoms with van der Waals surface area (Å²) in [5, 5.41) is 23.8. The maximum atomic E-state index is 12.5. The minimum Gasteiger partial charge on any atom is -0.472 e. The van der Waals surface area contributed by atoms with Gasteiger partial charge in [0.25, 0.3) is 0 Å². The average molecular weight is 362 g/mol. The van der Waals surface area contributed by atoms with Gasteiger partial charge in [0.15, 0.2) is 0 Å². The number of rotatable bonds is 7. The van der Waals surface area contributed by atoms with Crippen LogP contribution in [0, 0.1) is 17.0 Å². The first-order valence-corrected chi connectivity index (χ1v) is 6.93. The van der Waals surface area contributed by atoms with Gasteiger partial charge >= 0.3 is 17.9 Å². The normalized spacial score (nSPS) is 11.4. The van der Waals surface area contributed by atoms with Crippen molar-refractivity contribution >= 4 is 5.69 Å². The zero-order chi connectivity index (χ0) is 18.6. The number of aromatic nitrogens is 3. The van der Waals surface area contributed by atoms with E-state index in [9.17, 15) is 23.3 Å². The van der Waals surface area contributed by atoms with E-state index in [0.29, 0.717) is 0 Å². The van der Waals surface area contributed by atoms with Crippen LogP contribution in [-0.2, 0) is 0 Å². The molecule has 136 valence electrons. The van der Waals surface area contributed by atoms with Crippen molar-refractivity contribution in [2.24, 2.45) is 0 Å². The highest BCUT2D eigenvalue weighted by molar-refractivity contribution is 5.52. The van der Waals surface area contributed by atoms with Crippen LogP contribution in [-0.4, -0.2) is 44.4 Å². The van der Waals surface area contributed by atoms with Gasteiger partial charge in [0.1, 0.15) is 11.4 Å². The molecule has 9 nitrogen and oxygen atoms in total. The molecule has 25 heavy (non-hydrogen) atoms. The first kappa shape index (κ1) is 18.4. The van der Waals surface area contributed by atoms with Gasteiger partial charge in [0, 0.05) is 19.2 Å². The van der Waals surface area contributed by atoms with E-state index in [0.717, 1.165) is 10.9 Å². The van der Waals surface area contributed by atoms with E-state index in [4.69, 9.17) is 9.84 Å². The Kier molecular flexibility index (Phi) is 5.41. The third kappa shape index (κ3) is 4.35. The Labute approximate surface area is 138 Å². The molecule has 0 atom stereocenters. The van der Waals surface area contributed by atoms with Crippen molar-refractivity contribution in [3.8, 4) is 17.4 Å². The van der Waals surface area contributed by atoms with Crippen LogP contribution in [0.2, 0.25) is 0 Å². The molecule has 0 aliphatic heterocycles. The number of ether oxygens (including phenoxy) is 2. The summed E-state index contributed by atoms with van der Waals surface area (Å²) in [6.45, 7) is 1.06. The molecular formula is C13H13F3N4O5. The van der Waals surface area contributed by atoms with E-state index in [1.807, 2.05) is 0 Å². The first-order valence-electron chi connectivity index (χ1n) is 6.93. The van der Waals surface area contributed by atoms with Crippen molar-refractivity contribution < 1.29 is 32.7 Å². The topological polar surface area (TPSA) is 113 Å². The SMILES string of the molecule is Cc1c([N+](=O)[O-])c(OCCCO)nn1-c1cccnc1OC(F)(F)F. The van der Waals surface area contributed by atoms with Crippen molar-refractivity contribution in [2.45, 2.75) is 19.7 Å². The van der Waals surface area contributed by atoms with Crippen molar-refractivity contribution in [1.82, 2.24) is 14.8 Å². The molecule has 0 fully saturated rings. The third-order valence-corrected chi connectivity index (χ3v) is 2.97. The number of pyridine rings is 1. The Morgan fingerprint density at radius 2 is 2.12 bits per heavy atom. The van der Waals surface area contributed by atoms with Crippen molar-refractivity contribution in [1.29, 1.82) is 0 Å². The standard InChI is InChI=1S/C13H13F3N4O5/c1-8-10(20(22)23)12(24-7-3-6-21)18-19(8)9-4-2-5-17-11(9)25-13(14,15)16/h2,4-5,21H,3,6-7H2,1H3. The molecule has 0 aromatic carbocycles. The fourth-order valence-electron chi connectivity index (χ4n) is 1.98. The first-order chi connectivity index (χ1) is 11.7. The number of nitrogens with zero attached hydrogens (tertiary/aromatic N) is 4. The summed E-state index contributed by atoms with van der Waals surface area (Å²) in [7, 11) is 0. The molecule has 2 aromatic heterocycles. The largest absolute Gasteiger partial charge is 0.574 e. The predicted molar refractivity (Wildman–Crippen MR) is 76.6 cm³/mol. The molecule has 0 unspecified atom stereocenters. The monoisotopic (exact) mass is 362 g/mol. The Bertz CT molecular complexity index is 763. The zero-order valence-electron chi connectivity index (χ0n) is 12.9. The summed E-state index contributed by atoms with van der Waals surface area (Å²) >= 11 is 0. The maximum Gasteiger partial charge on any atom is 0.574 e. The third-order valence-electron chi connectivity index (χ3n) is 2.97. The van der Waals surface area contributed by atoms with E-state index in [1.165, 1.54) is 19.1 Å². The lowest BCUT2D eigenvalue weighted by Gasteiger charge is -2.12. The van der Waals surface area contributed by atoms with Gasteiger partial charge in [0.2, 0.25) is 5.88 Å². The number of halogens is 3. The minimum atomic E-state index is -4.99. The van der Waals surface area contributed by atoms with Gasteiger partial charge in [-0.05, 0) is 19.1 Å². The van der Waals surface area contributed by atoms with Gasteiger partial charge < -0.3 is 14.6 Å². The van der Waals surface area contributed by atoms with Gasteiger partial charge in [-0.3, -0.25) is 10.1 Å². The van der Waals surface area contributed by atoms with E-state index in [-0.39, 0.29) is 36.9 Å². The lowest BCUT2D eigenvalue weighted by Crippen LogP contribution is -2.19. The number of aliphatic hydroxyl groups excluding tert-OH is 1.